The third kappa shape index (κ3) is 2.03. The zero-order valence-electron chi connectivity index (χ0n) is 6.60. The topological polar surface area (TPSA) is 56.0 Å². The molecule has 0 spiro atoms. The molecular weight excluding hydrogens is 265 g/mol. The number of carbonyl (C=O) groups excluding carboxylic acids is 1. The van der Waals surface area contributed by atoms with Crippen LogP contribution in [0.25, 0.3) is 0 Å². The number of nitrogens with two attached hydrogens (primary N) is 1. The first kappa shape index (κ1) is 11.0. The third-order valence-corrected chi connectivity index (χ3v) is 2.05. The van der Waals surface area contributed by atoms with E-state index in [1.54, 1.807) is 0 Å². The molecule has 76 valence electrons. The van der Waals surface area contributed by atoms with Gasteiger partial charge in [0.2, 0.25) is 5.95 Å². The van der Waals surface area contributed by atoms with Gasteiger partial charge in [0.1, 0.15) is 5.69 Å². The summed E-state index contributed by atoms with van der Waals surface area (Å²) < 4.78 is 37.1. The van der Waals surface area contributed by atoms with Crippen molar-refractivity contribution >= 4 is 21.8 Å². The van der Waals surface area contributed by atoms with E-state index in [-0.39, 0.29) is 4.47 Å². The fourth-order valence-corrected chi connectivity index (χ4v) is 1.49. The van der Waals surface area contributed by atoms with Gasteiger partial charge in [-0.3, -0.25) is 4.79 Å². The van der Waals surface area contributed by atoms with Gasteiger partial charge in [0.05, 0.1) is 5.56 Å². The van der Waals surface area contributed by atoms with Gasteiger partial charge in [-0.25, -0.2) is 13.8 Å². The van der Waals surface area contributed by atoms with Crippen LogP contribution in [0.3, 0.4) is 0 Å². The first-order chi connectivity index (χ1) is 6.43. The van der Waals surface area contributed by atoms with E-state index in [2.05, 4.69) is 20.9 Å². The SMILES string of the molecule is NC(=O)c1c(Br)cc(F)nc1C(F)F. The highest BCUT2D eigenvalue weighted by atomic mass is 79.9. The van der Waals surface area contributed by atoms with Crippen LogP contribution in [0.1, 0.15) is 22.5 Å². The van der Waals surface area contributed by atoms with E-state index in [9.17, 15) is 18.0 Å². The van der Waals surface area contributed by atoms with Crippen molar-refractivity contribution in [1.29, 1.82) is 0 Å². The first-order valence-electron chi connectivity index (χ1n) is 3.37. The van der Waals surface area contributed by atoms with Crippen LogP contribution in [0.4, 0.5) is 13.2 Å². The lowest BCUT2D eigenvalue weighted by Gasteiger charge is -2.06. The minimum absolute atomic E-state index is 0.132. The average molecular weight is 269 g/mol. The second-order valence-electron chi connectivity index (χ2n) is 2.35. The van der Waals surface area contributed by atoms with Crippen molar-refractivity contribution in [1.82, 2.24) is 4.98 Å². The van der Waals surface area contributed by atoms with Crippen LogP contribution in [0.5, 0.6) is 0 Å². The molecule has 1 aromatic rings. The Hall–Kier alpha value is -1.11. The fraction of sp³-hybridized carbons (Fsp3) is 0.143. The highest BCUT2D eigenvalue weighted by Crippen LogP contribution is 2.27. The van der Waals surface area contributed by atoms with Gasteiger partial charge < -0.3 is 5.73 Å². The largest absolute Gasteiger partial charge is 0.366 e. The van der Waals surface area contributed by atoms with Crippen molar-refractivity contribution in [2.75, 3.05) is 0 Å². The van der Waals surface area contributed by atoms with E-state index < -0.39 is 29.5 Å². The molecule has 1 heterocycles. The lowest BCUT2D eigenvalue weighted by molar-refractivity contribution is 0.0981. The number of pyridine rings is 1. The molecule has 0 saturated heterocycles. The molecule has 1 rings (SSSR count). The van der Waals surface area contributed by atoms with Crippen molar-refractivity contribution in [3.63, 3.8) is 0 Å². The molecule has 1 aromatic heterocycles. The van der Waals surface area contributed by atoms with Gasteiger partial charge in [-0.2, -0.15) is 4.39 Å². The Balaban J connectivity index is 3.44. The predicted octanol–water partition coefficient (Wildman–Crippen LogP) is 2.02. The Labute approximate surface area is 85.2 Å². The number of hydrogen-bond donors (Lipinski definition) is 1. The number of rotatable bonds is 2. The number of amides is 1. The van der Waals surface area contributed by atoms with Crippen molar-refractivity contribution in [2.24, 2.45) is 5.73 Å². The van der Waals surface area contributed by atoms with Gasteiger partial charge in [-0.15, -0.1) is 0 Å². The van der Waals surface area contributed by atoms with E-state index in [0.717, 1.165) is 6.07 Å². The Morgan fingerprint density at radius 1 is 1.57 bits per heavy atom. The first-order valence-corrected chi connectivity index (χ1v) is 4.16. The van der Waals surface area contributed by atoms with E-state index in [0.29, 0.717) is 0 Å². The van der Waals surface area contributed by atoms with Crippen LogP contribution < -0.4 is 5.73 Å². The van der Waals surface area contributed by atoms with Gasteiger partial charge in [-0.1, -0.05) is 0 Å². The Kier molecular flexibility index (Phi) is 3.10. The summed E-state index contributed by atoms with van der Waals surface area (Å²) in [5.41, 5.74) is 3.39. The molecule has 0 fully saturated rings. The van der Waals surface area contributed by atoms with Crippen LogP contribution >= 0.6 is 15.9 Å². The quantitative estimate of drug-likeness (QED) is 0.835. The van der Waals surface area contributed by atoms with Crippen molar-refractivity contribution in [3.8, 4) is 0 Å². The molecule has 0 aromatic carbocycles. The average Bonchev–Trinajstić information content (AvgIpc) is 2.01. The van der Waals surface area contributed by atoms with Crippen molar-refractivity contribution < 1.29 is 18.0 Å². The number of aromatic nitrogens is 1. The zero-order chi connectivity index (χ0) is 10.9. The molecule has 0 aliphatic heterocycles. The highest BCUT2D eigenvalue weighted by molar-refractivity contribution is 9.10. The predicted molar refractivity (Wildman–Crippen MR) is 45.4 cm³/mol. The van der Waals surface area contributed by atoms with E-state index in [1.165, 1.54) is 0 Å². The molecule has 0 aliphatic carbocycles. The summed E-state index contributed by atoms with van der Waals surface area (Å²) in [5.74, 6) is -2.18. The number of carbonyl (C=O) groups is 1. The van der Waals surface area contributed by atoms with Gasteiger partial charge >= 0.3 is 0 Å². The van der Waals surface area contributed by atoms with Crippen LogP contribution in [-0.2, 0) is 0 Å². The maximum absolute atomic E-state index is 12.6. The van der Waals surface area contributed by atoms with Gasteiger partial charge in [0, 0.05) is 10.5 Å². The summed E-state index contributed by atoms with van der Waals surface area (Å²) in [6.45, 7) is 0. The molecule has 0 bridgehead atoms. The zero-order valence-corrected chi connectivity index (χ0v) is 8.19. The molecule has 14 heavy (non-hydrogen) atoms. The van der Waals surface area contributed by atoms with Crippen LogP contribution in [-0.4, -0.2) is 10.9 Å². The van der Waals surface area contributed by atoms with Gasteiger partial charge in [0.15, 0.2) is 0 Å². The molecule has 0 radical (unpaired) electrons. The Morgan fingerprint density at radius 3 is 2.57 bits per heavy atom. The normalized spacial score (nSPS) is 10.6. The lowest BCUT2D eigenvalue weighted by atomic mass is 10.2. The van der Waals surface area contributed by atoms with Gasteiger partial charge in [-0.05, 0) is 15.9 Å². The summed E-state index contributed by atoms with van der Waals surface area (Å²) in [5, 5.41) is 0. The molecule has 1 amide bonds. The second-order valence-corrected chi connectivity index (χ2v) is 3.21. The standard InChI is InChI=1S/C7H4BrF3N2O/c8-2-1-3(9)13-5(6(10)11)4(2)7(12)14/h1,6H,(H2,12,14). The second kappa shape index (κ2) is 3.95. The molecule has 0 atom stereocenters. The minimum atomic E-state index is -3.05. The summed E-state index contributed by atoms with van der Waals surface area (Å²) >= 11 is 2.75. The number of primary amides is 1. The lowest BCUT2D eigenvalue weighted by Crippen LogP contribution is -2.16. The molecule has 2 N–H and O–H groups in total. The van der Waals surface area contributed by atoms with Crippen molar-refractivity contribution in [2.45, 2.75) is 6.43 Å². The molecule has 0 aliphatic rings. The maximum Gasteiger partial charge on any atom is 0.281 e. The minimum Gasteiger partial charge on any atom is -0.366 e. The van der Waals surface area contributed by atoms with E-state index in [4.69, 9.17) is 5.73 Å². The number of hydrogen-bond acceptors (Lipinski definition) is 2. The number of alkyl halides is 2. The summed E-state index contributed by atoms with van der Waals surface area (Å²) in [6.07, 6.45) is -3.05. The Bertz CT molecular complexity index is 383. The highest BCUT2D eigenvalue weighted by Gasteiger charge is 2.22. The molecule has 7 heteroatoms. The Morgan fingerprint density at radius 2 is 2.14 bits per heavy atom. The molecule has 0 saturated carbocycles. The maximum atomic E-state index is 12.6. The van der Waals surface area contributed by atoms with E-state index >= 15 is 0 Å². The number of nitrogens with zero attached hydrogens (tertiary/aromatic N) is 1. The molecule has 0 unspecified atom stereocenters. The van der Waals surface area contributed by atoms with Gasteiger partial charge in [0.25, 0.3) is 12.3 Å². The summed E-state index contributed by atoms with van der Waals surface area (Å²) in [6, 6.07) is 0.798. The van der Waals surface area contributed by atoms with Crippen LogP contribution in [0.15, 0.2) is 10.5 Å². The fourth-order valence-electron chi connectivity index (χ4n) is 0.904. The van der Waals surface area contributed by atoms with Crippen LogP contribution in [0, 0.1) is 5.95 Å². The number of halogens is 4. The summed E-state index contributed by atoms with van der Waals surface area (Å²) in [7, 11) is 0. The smallest absolute Gasteiger partial charge is 0.281 e. The molecular formula is C7H4BrF3N2O. The summed E-state index contributed by atoms with van der Waals surface area (Å²) in [4.78, 5) is 13.7. The third-order valence-electron chi connectivity index (χ3n) is 1.42. The molecule has 3 nitrogen and oxygen atoms in total. The van der Waals surface area contributed by atoms with Crippen molar-refractivity contribution in [3.05, 3.63) is 27.7 Å². The monoisotopic (exact) mass is 268 g/mol. The van der Waals surface area contributed by atoms with E-state index in [1.807, 2.05) is 0 Å². The van der Waals surface area contributed by atoms with Crippen LogP contribution in [0.2, 0.25) is 0 Å².